The van der Waals surface area contributed by atoms with Gasteiger partial charge in [-0.3, -0.25) is 14.3 Å². The Bertz CT molecular complexity index is 796. The summed E-state index contributed by atoms with van der Waals surface area (Å²) in [5.74, 6) is 0.371. The average Bonchev–Trinajstić information content (AvgIpc) is 2.48. The fourth-order valence-corrected chi connectivity index (χ4v) is 2.07. The molecule has 0 spiro atoms. The van der Waals surface area contributed by atoms with E-state index in [2.05, 4.69) is 9.97 Å². The van der Waals surface area contributed by atoms with Crippen LogP contribution in [0.4, 0.5) is 5.82 Å². The van der Waals surface area contributed by atoms with Crippen LogP contribution in [0.25, 0.3) is 16.9 Å². The Labute approximate surface area is 115 Å². The van der Waals surface area contributed by atoms with E-state index in [1.165, 1.54) is 6.07 Å². The highest BCUT2D eigenvalue weighted by Crippen LogP contribution is 2.20. The molecule has 0 saturated heterocycles. The summed E-state index contributed by atoms with van der Waals surface area (Å²) in [5.41, 5.74) is 7.87. The van der Waals surface area contributed by atoms with Gasteiger partial charge in [-0.25, -0.2) is 4.98 Å². The van der Waals surface area contributed by atoms with Crippen LogP contribution in [0, 0.1) is 0 Å². The van der Waals surface area contributed by atoms with Crippen molar-refractivity contribution in [2.75, 3.05) is 5.73 Å². The Morgan fingerprint density at radius 1 is 1.05 bits per heavy atom. The molecule has 0 aliphatic heterocycles. The molecule has 2 N–H and O–H groups in total. The SMILES string of the molecule is Nc1cc(-n2c(-c3cccnc3)cccc2=O)ccn1. The van der Waals surface area contributed by atoms with Crippen LogP contribution in [-0.2, 0) is 0 Å². The molecule has 0 aliphatic rings. The summed E-state index contributed by atoms with van der Waals surface area (Å²) in [6.07, 6.45) is 4.99. The van der Waals surface area contributed by atoms with Gasteiger partial charge in [-0.1, -0.05) is 6.07 Å². The molecule has 5 nitrogen and oxygen atoms in total. The minimum absolute atomic E-state index is 0.128. The van der Waals surface area contributed by atoms with Crippen LogP contribution in [0.1, 0.15) is 0 Å². The van der Waals surface area contributed by atoms with E-state index in [1.807, 2.05) is 18.2 Å². The van der Waals surface area contributed by atoms with Crippen LogP contribution in [0.5, 0.6) is 0 Å². The summed E-state index contributed by atoms with van der Waals surface area (Å²) in [4.78, 5) is 20.2. The van der Waals surface area contributed by atoms with E-state index in [0.717, 1.165) is 11.3 Å². The van der Waals surface area contributed by atoms with Gasteiger partial charge in [0.2, 0.25) is 0 Å². The van der Waals surface area contributed by atoms with Crippen molar-refractivity contribution in [3.8, 4) is 16.9 Å². The largest absolute Gasteiger partial charge is 0.384 e. The first kappa shape index (κ1) is 12.1. The predicted octanol–water partition coefficient (Wildman–Crippen LogP) is 1.88. The quantitative estimate of drug-likeness (QED) is 0.767. The smallest absolute Gasteiger partial charge is 0.255 e. The topological polar surface area (TPSA) is 73.8 Å². The summed E-state index contributed by atoms with van der Waals surface area (Å²) >= 11 is 0. The summed E-state index contributed by atoms with van der Waals surface area (Å²) in [6.45, 7) is 0. The van der Waals surface area contributed by atoms with Crippen LogP contribution in [0.15, 0.2) is 65.8 Å². The maximum atomic E-state index is 12.2. The van der Waals surface area contributed by atoms with Gasteiger partial charge in [0.05, 0.1) is 11.4 Å². The van der Waals surface area contributed by atoms with Gasteiger partial charge < -0.3 is 5.73 Å². The molecule has 0 fully saturated rings. The number of hydrogen-bond donors (Lipinski definition) is 1. The zero-order valence-electron chi connectivity index (χ0n) is 10.6. The number of rotatable bonds is 2. The summed E-state index contributed by atoms with van der Waals surface area (Å²) in [5, 5.41) is 0. The molecule has 3 aromatic heterocycles. The highest BCUT2D eigenvalue weighted by atomic mass is 16.1. The Morgan fingerprint density at radius 2 is 1.95 bits per heavy atom. The van der Waals surface area contributed by atoms with Crippen molar-refractivity contribution in [2.24, 2.45) is 0 Å². The standard InChI is InChI=1S/C15H12N4O/c16-14-9-12(6-8-18-14)19-13(4-1-5-15(19)20)11-3-2-7-17-10-11/h1-10H,(H2,16,18). The minimum atomic E-state index is -0.128. The van der Waals surface area contributed by atoms with Gasteiger partial charge >= 0.3 is 0 Å². The lowest BCUT2D eigenvalue weighted by molar-refractivity contribution is 0.993. The molecule has 0 amide bonds. The van der Waals surface area contributed by atoms with Crippen LogP contribution >= 0.6 is 0 Å². The van der Waals surface area contributed by atoms with E-state index in [-0.39, 0.29) is 5.56 Å². The second-order valence-corrected chi connectivity index (χ2v) is 4.27. The fourth-order valence-electron chi connectivity index (χ4n) is 2.07. The van der Waals surface area contributed by atoms with Crippen molar-refractivity contribution < 1.29 is 0 Å². The number of aromatic nitrogens is 3. The third-order valence-electron chi connectivity index (χ3n) is 2.93. The lowest BCUT2D eigenvalue weighted by atomic mass is 10.1. The number of nitrogens with two attached hydrogens (primary N) is 1. The Morgan fingerprint density at radius 3 is 2.70 bits per heavy atom. The van der Waals surface area contributed by atoms with Gasteiger partial charge in [0.25, 0.3) is 5.56 Å². The van der Waals surface area contributed by atoms with Gasteiger partial charge in [0.1, 0.15) is 5.82 Å². The maximum absolute atomic E-state index is 12.2. The zero-order valence-corrected chi connectivity index (χ0v) is 10.6. The lowest BCUT2D eigenvalue weighted by Crippen LogP contribution is -2.18. The molecule has 0 saturated carbocycles. The zero-order chi connectivity index (χ0) is 13.9. The third kappa shape index (κ3) is 2.16. The third-order valence-corrected chi connectivity index (χ3v) is 2.93. The molecular weight excluding hydrogens is 252 g/mol. The Hall–Kier alpha value is -2.95. The van der Waals surface area contributed by atoms with E-state index >= 15 is 0 Å². The van der Waals surface area contributed by atoms with Gasteiger partial charge in [-0.2, -0.15) is 0 Å². The van der Waals surface area contributed by atoms with E-state index in [0.29, 0.717) is 11.5 Å². The van der Waals surface area contributed by atoms with Crippen molar-refractivity contribution in [1.29, 1.82) is 0 Å². The van der Waals surface area contributed by atoms with Crippen LogP contribution in [0.3, 0.4) is 0 Å². The van der Waals surface area contributed by atoms with Gasteiger partial charge in [-0.05, 0) is 24.3 Å². The highest BCUT2D eigenvalue weighted by molar-refractivity contribution is 5.61. The van der Waals surface area contributed by atoms with Crippen molar-refractivity contribution >= 4 is 5.82 Å². The summed E-state index contributed by atoms with van der Waals surface area (Å²) < 4.78 is 1.59. The molecule has 3 rings (SSSR count). The summed E-state index contributed by atoms with van der Waals surface area (Å²) in [6, 6.07) is 12.3. The number of nitrogen functional groups attached to an aromatic ring is 1. The number of anilines is 1. The van der Waals surface area contributed by atoms with Crippen molar-refractivity contribution in [2.45, 2.75) is 0 Å². The second kappa shape index (κ2) is 4.97. The molecule has 5 heteroatoms. The van der Waals surface area contributed by atoms with Crippen molar-refractivity contribution in [3.63, 3.8) is 0 Å². The normalized spacial score (nSPS) is 10.4. The first-order valence-corrected chi connectivity index (χ1v) is 6.10. The van der Waals surface area contributed by atoms with E-state index in [1.54, 1.807) is 41.4 Å². The molecule has 0 atom stereocenters. The number of pyridine rings is 3. The van der Waals surface area contributed by atoms with Crippen LogP contribution in [0.2, 0.25) is 0 Å². The lowest BCUT2D eigenvalue weighted by Gasteiger charge is -2.12. The van der Waals surface area contributed by atoms with E-state index < -0.39 is 0 Å². The molecule has 0 aromatic carbocycles. The molecular formula is C15H12N4O. The minimum Gasteiger partial charge on any atom is -0.384 e. The monoisotopic (exact) mass is 264 g/mol. The van der Waals surface area contributed by atoms with Crippen LogP contribution in [-0.4, -0.2) is 14.5 Å². The van der Waals surface area contributed by atoms with E-state index in [9.17, 15) is 4.79 Å². The van der Waals surface area contributed by atoms with Gasteiger partial charge in [-0.15, -0.1) is 0 Å². The van der Waals surface area contributed by atoms with Crippen molar-refractivity contribution in [1.82, 2.24) is 14.5 Å². The fraction of sp³-hybridized carbons (Fsp3) is 0. The van der Waals surface area contributed by atoms with Gasteiger partial charge in [0.15, 0.2) is 0 Å². The summed E-state index contributed by atoms with van der Waals surface area (Å²) in [7, 11) is 0. The molecule has 0 aliphatic carbocycles. The molecule has 0 bridgehead atoms. The molecule has 3 aromatic rings. The predicted molar refractivity (Wildman–Crippen MR) is 77.5 cm³/mol. The molecule has 0 radical (unpaired) electrons. The van der Waals surface area contributed by atoms with Crippen molar-refractivity contribution in [3.05, 3.63) is 71.4 Å². The second-order valence-electron chi connectivity index (χ2n) is 4.27. The molecule has 20 heavy (non-hydrogen) atoms. The first-order chi connectivity index (χ1) is 9.75. The molecule has 0 unspecified atom stereocenters. The molecule has 98 valence electrons. The first-order valence-electron chi connectivity index (χ1n) is 6.10. The molecule has 3 heterocycles. The average molecular weight is 264 g/mol. The maximum Gasteiger partial charge on any atom is 0.255 e. The van der Waals surface area contributed by atoms with Gasteiger partial charge in [0, 0.05) is 36.3 Å². The van der Waals surface area contributed by atoms with E-state index in [4.69, 9.17) is 5.73 Å². The Balaban J connectivity index is 2.28. The number of hydrogen-bond acceptors (Lipinski definition) is 4. The van der Waals surface area contributed by atoms with Crippen LogP contribution < -0.4 is 11.3 Å². The number of nitrogens with zero attached hydrogens (tertiary/aromatic N) is 3. The Kier molecular flexibility index (Phi) is 3.01. The highest BCUT2D eigenvalue weighted by Gasteiger charge is 2.08.